The van der Waals surface area contributed by atoms with Crippen LogP contribution in [0.4, 0.5) is 5.69 Å². The molecule has 1 aromatic carbocycles. The van der Waals surface area contributed by atoms with Gasteiger partial charge in [0.2, 0.25) is 0 Å². The molecule has 84 valence electrons. The Morgan fingerprint density at radius 3 is 2.44 bits per heavy atom. The SMILES string of the molecule is CC.Cc1oc2ccc(N)c(C#N)c2c1C. The van der Waals surface area contributed by atoms with E-state index in [-0.39, 0.29) is 0 Å². The highest BCUT2D eigenvalue weighted by atomic mass is 16.3. The Kier molecular flexibility index (Phi) is 3.57. The molecule has 0 atom stereocenters. The van der Waals surface area contributed by atoms with Crippen LogP contribution in [0.1, 0.15) is 30.7 Å². The van der Waals surface area contributed by atoms with Gasteiger partial charge < -0.3 is 10.2 Å². The monoisotopic (exact) mass is 216 g/mol. The lowest BCUT2D eigenvalue weighted by Crippen LogP contribution is -1.90. The molecule has 0 amide bonds. The fraction of sp³-hybridized carbons (Fsp3) is 0.308. The molecule has 0 radical (unpaired) electrons. The summed E-state index contributed by atoms with van der Waals surface area (Å²) >= 11 is 0. The van der Waals surface area contributed by atoms with E-state index < -0.39 is 0 Å². The fourth-order valence-corrected chi connectivity index (χ4v) is 1.59. The summed E-state index contributed by atoms with van der Waals surface area (Å²) in [5, 5.41) is 9.82. The third-order valence-corrected chi connectivity index (χ3v) is 2.48. The lowest BCUT2D eigenvalue weighted by molar-refractivity contribution is 0.575. The van der Waals surface area contributed by atoms with Crippen LogP contribution in [0.25, 0.3) is 11.0 Å². The van der Waals surface area contributed by atoms with Crippen LogP contribution in [0.15, 0.2) is 16.5 Å². The van der Waals surface area contributed by atoms with E-state index >= 15 is 0 Å². The van der Waals surface area contributed by atoms with E-state index in [4.69, 9.17) is 15.4 Å². The molecule has 0 bridgehead atoms. The number of fused-ring (bicyclic) bond motifs is 1. The third-order valence-electron chi connectivity index (χ3n) is 2.48. The van der Waals surface area contributed by atoms with Crippen LogP contribution in [-0.4, -0.2) is 0 Å². The third kappa shape index (κ3) is 1.74. The van der Waals surface area contributed by atoms with Crippen molar-refractivity contribution in [1.29, 1.82) is 5.26 Å². The highest BCUT2D eigenvalue weighted by Gasteiger charge is 2.12. The molecule has 0 aliphatic carbocycles. The number of nitrogens with two attached hydrogens (primary N) is 1. The highest BCUT2D eigenvalue weighted by molar-refractivity contribution is 5.92. The zero-order valence-electron chi connectivity index (χ0n) is 10.1. The lowest BCUT2D eigenvalue weighted by Gasteiger charge is -1.97. The van der Waals surface area contributed by atoms with Gasteiger partial charge in [0.25, 0.3) is 0 Å². The summed E-state index contributed by atoms with van der Waals surface area (Å²) in [6.45, 7) is 7.81. The van der Waals surface area contributed by atoms with Crippen molar-refractivity contribution in [2.24, 2.45) is 0 Å². The molecule has 0 unspecified atom stereocenters. The first-order valence-electron chi connectivity index (χ1n) is 5.33. The number of nitrogen functional groups attached to an aromatic ring is 1. The van der Waals surface area contributed by atoms with Gasteiger partial charge in [0.1, 0.15) is 17.4 Å². The fourth-order valence-electron chi connectivity index (χ4n) is 1.59. The van der Waals surface area contributed by atoms with Crippen molar-refractivity contribution in [2.75, 3.05) is 5.73 Å². The summed E-state index contributed by atoms with van der Waals surface area (Å²) in [7, 11) is 0. The number of anilines is 1. The lowest BCUT2D eigenvalue weighted by atomic mass is 10.1. The molecule has 0 saturated heterocycles. The van der Waals surface area contributed by atoms with Crippen molar-refractivity contribution in [3.8, 4) is 6.07 Å². The van der Waals surface area contributed by atoms with Crippen LogP contribution < -0.4 is 5.73 Å². The second-order valence-electron chi connectivity index (χ2n) is 3.30. The number of benzene rings is 1. The van der Waals surface area contributed by atoms with Gasteiger partial charge in [-0.05, 0) is 31.5 Å². The minimum atomic E-state index is 0.504. The van der Waals surface area contributed by atoms with E-state index in [1.165, 1.54) is 0 Å². The second-order valence-corrected chi connectivity index (χ2v) is 3.30. The molecule has 0 aliphatic heterocycles. The first-order chi connectivity index (χ1) is 7.65. The first-order valence-corrected chi connectivity index (χ1v) is 5.33. The van der Waals surface area contributed by atoms with Gasteiger partial charge in [0.05, 0.1) is 11.3 Å². The average Bonchev–Trinajstić information content (AvgIpc) is 2.59. The molecule has 1 aromatic heterocycles. The molecule has 3 nitrogen and oxygen atoms in total. The molecule has 2 N–H and O–H groups in total. The Balaban J connectivity index is 0.000000606. The smallest absolute Gasteiger partial charge is 0.136 e. The molecule has 3 heteroatoms. The normalized spacial score (nSPS) is 9.44. The Morgan fingerprint density at radius 2 is 1.88 bits per heavy atom. The van der Waals surface area contributed by atoms with Crippen molar-refractivity contribution < 1.29 is 4.42 Å². The number of nitrogens with zero attached hydrogens (tertiary/aromatic N) is 1. The Hall–Kier alpha value is -1.95. The Morgan fingerprint density at radius 1 is 1.25 bits per heavy atom. The van der Waals surface area contributed by atoms with Crippen molar-refractivity contribution >= 4 is 16.7 Å². The van der Waals surface area contributed by atoms with Crippen LogP contribution in [0.5, 0.6) is 0 Å². The van der Waals surface area contributed by atoms with E-state index in [0.29, 0.717) is 11.3 Å². The van der Waals surface area contributed by atoms with Gasteiger partial charge in [-0.3, -0.25) is 0 Å². The predicted octanol–water partition coefficient (Wildman–Crippen LogP) is 3.53. The number of furan rings is 1. The van der Waals surface area contributed by atoms with Gasteiger partial charge in [0.15, 0.2) is 0 Å². The maximum absolute atomic E-state index is 8.98. The molecule has 0 saturated carbocycles. The molecule has 1 heterocycles. The Bertz CT molecular complexity index is 547. The summed E-state index contributed by atoms with van der Waals surface area (Å²) in [5.74, 6) is 0.835. The number of aryl methyl sites for hydroxylation is 2. The van der Waals surface area contributed by atoms with Gasteiger partial charge in [0, 0.05) is 5.39 Å². The van der Waals surface area contributed by atoms with Crippen LogP contribution in [0.3, 0.4) is 0 Å². The summed E-state index contributed by atoms with van der Waals surface area (Å²) in [6.07, 6.45) is 0. The average molecular weight is 216 g/mol. The summed E-state index contributed by atoms with van der Waals surface area (Å²) < 4.78 is 5.49. The molecule has 0 spiro atoms. The molecule has 0 fully saturated rings. The van der Waals surface area contributed by atoms with Crippen LogP contribution in [0, 0.1) is 25.2 Å². The molecular weight excluding hydrogens is 200 g/mol. The molecule has 2 aromatic rings. The van der Waals surface area contributed by atoms with E-state index in [0.717, 1.165) is 22.3 Å². The zero-order valence-corrected chi connectivity index (χ0v) is 10.1. The van der Waals surface area contributed by atoms with Crippen LogP contribution in [0.2, 0.25) is 0 Å². The van der Waals surface area contributed by atoms with Gasteiger partial charge in [-0.2, -0.15) is 5.26 Å². The predicted molar refractivity (Wildman–Crippen MR) is 66.2 cm³/mol. The minimum absolute atomic E-state index is 0.504. The number of hydrogen-bond donors (Lipinski definition) is 1. The van der Waals surface area contributed by atoms with Gasteiger partial charge in [-0.15, -0.1) is 0 Å². The summed E-state index contributed by atoms with van der Waals surface area (Å²) in [6, 6.07) is 5.60. The van der Waals surface area contributed by atoms with E-state index in [1.807, 2.05) is 27.7 Å². The second kappa shape index (κ2) is 4.71. The number of hydrogen-bond acceptors (Lipinski definition) is 3. The standard InChI is InChI=1S/C11H10N2O.C2H6/c1-6-7(2)14-10-4-3-9(13)8(5-12)11(6)10;1-2/h3-4H,13H2,1-2H3;1-2H3. The van der Waals surface area contributed by atoms with Gasteiger partial charge in [-0.25, -0.2) is 0 Å². The molecule has 2 rings (SSSR count). The first kappa shape index (κ1) is 12.1. The maximum Gasteiger partial charge on any atom is 0.136 e. The van der Waals surface area contributed by atoms with Gasteiger partial charge >= 0.3 is 0 Å². The number of nitriles is 1. The van der Waals surface area contributed by atoms with E-state index in [2.05, 4.69) is 6.07 Å². The highest BCUT2D eigenvalue weighted by Crippen LogP contribution is 2.30. The summed E-state index contributed by atoms with van der Waals surface area (Å²) in [4.78, 5) is 0. The minimum Gasteiger partial charge on any atom is -0.461 e. The van der Waals surface area contributed by atoms with Crippen molar-refractivity contribution in [2.45, 2.75) is 27.7 Å². The van der Waals surface area contributed by atoms with Crippen LogP contribution >= 0.6 is 0 Å². The van der Waals surface area contributed by atoms with Crippen molar-refractivity contribution in [3.63, 3.8) is 0 Å². The van der Waals surface area contributed by atoms with E-state index in [1.54, 1.807) is 12.1 Å². The molecular formula is C13H16N2O. The van der Waals surface area contributed by atoms with E-state index in [9.17, 15) is 0 Å². The van der Waals surface area contributed by atoms with Crippen molar-refractivity contribution in [3.05, 3.63) is 29.0 Å². The quantitative estimate of drug-likeness (QED) is 0.685. The largest absolute Gasteiger partial charge is 0.461 e. The van der Waals surface area contributed by atoms with Crippen molar-refractivity contribution in [1.82, 2.24) is 0 Å². The Labute approximate surface area is 95.5 Å². The molecule has 16 heavy (non-hydrogen) atoms. The molecule has 0 aliphatic rings. The summed E-state index contributed by atoms with van der Waals surface area (Å²) in [5.41, 5.74) is 8.44. The maximum atomic E-state index is 8.98. The zero-order chi connectivity index (χ0) is 12.3. The van der Waals surface area contributed by atoms with Gasteiger partial charge in [-0.1, -0.05) is 13.8 Å². The number of rotatable bonds is 0. The topological polar surface area (TPSA) is 62.9 Å². The van der Waals surface area contributed by atoms with Crippen LogP contribution in [-0.2, 0) is 0 Å².